The third-order valence-electron chi connectivity index (χ3n) is 3.54. The summed E-state index contributed by atoms with van der Waals surface area (Å²) < 4.78 is 0. The van der Waals surface area contributed by atoms with Crippen LogP contribution < -0.4 is 5.32 Å². The Morgan fingerprint density at radius 2 is 2.00 bits per heavy atom. The van der Waals surface area contributed by atoms with Gasteiger partial charge in [0.05, 0.1) is 16.4 Å². The molecule has 0 fully saturated rings. The van der Waals surface area contributed by atoms with Crippen molar-refractivity contribution >= 4 is 22.7 Å². The Kier molecular flexibility index (Phi) is 4.19. The molecule has 0 saturated heterocycles. The van der Waals surface area contributed by atoms with Crippen LogP contribution in [0.5, 0.6) is 0 Å². The molecule has 2 aromatic rings. The van der Waals surface area contributed by atoms with E-state index < -0.39 is 0 Å². The van der Waals surface area contributed by atoms with Crippen LogP contribution in [0, 0.1) is 6.92 Å². The van der Waals surface area contributed by atoms with E-state index in [1.165, 1.54) is 34.8 Å². The summed E-state index contributed by atoms with van der Waals surface area (Å²) in [5, 5.41) is 8.10. The molecule has 20 heavy (non-hydrogen) atoms. The average Bonchev–Trinajstić information content (AvgIpc) is 3.01. The first-order valence-corrected chi connectivity index (χ1v) is 8.99. The number of fused-ring (bicyclic) bond motifs is 1. The van der Waals surface area contributed by atoms with Gasteiger partial charge in [-0.25, -0.2) is 9.97 Å². The van der Waals surface area contributed by atoms with Crippen molar-refractivity contribution < 1.29 is 0 Å². The van der Waals surface area contributed by atoms with Crippen LogP contribution in [0.15, 0.2) is 5.38 Å². The average molecular weight is 307 g/mol. The largest absolute Gasteiger partial charge is 0.301 e. The predicted molar refractivity (Wildman–Crippen MR) is 85.7 cm³/mol. The molecule has 1 N–H and O–H groups in total. The highest BCUT2D eigenvalue weighted by Crippen LogP contribution is 2.33. The Morgan fingerprint density at radius 1 is 1.20 bits per heavy atom. The van der Waals surface area contributed by atoms with Crippen LogP contribution in [0.1, 0.15) is 59.0 Å². The molecule has 5 heteroatoms. The standard InChI is InChI=1S/C15H21N3S2/c1-9(2)16-14(12-8-19-10(3)17-12)15-18-11-6-4-5-7-13(11)20-15/h8-9,14,16H,4-7H2,1-3H3. The minimum absolute atomic E-state index is 0.149. The molecular formula is C15H21N3S2. The summed E-state index contributed by atoms with van der Waals surface area (Å²) in [5.74, 6) is 0. The summed E-state index contributed by atoms with van der Waals surface area (Å²) >= 11 is 3.60. The summed E-state index contributed by atoms with van der Waals surface area (Å²) in [4.78, 5) is 11.1. The fourth-order valence-electron chi connectivity index (χ4n) is 2.62. The Hall–Kier alpha value is -0.780. The second-order valence-electron chi connectivity index (χ2n) is 5.67. The third kappa shape index (κ3) is 2.95. The maximum atomic E-state index is 4.91. The fraction of sp³-hybridized carbons (Fsp3) is 0.600. The van der Waals surface area contributed by atoms with Gasteiger partial charge in [-0.3, -0.25) is 0 Å². The zero-order chi connectivity index (χ0) is 14.1. The smallest absolute Gasteiger partial charge is 0.116 e. The van der Waals surface area contributed by atoms with Crippen molar-refractivity contribution in [3.05, 3.63) is 31.7 Å². The number of hydrogen-bond acceptors (Lipinski definition) is 5. The molecule has 0 saturated carbocycles. The molecule has 2 aromatic heterocycles. The van der Waals surface area contributed by atoms with E-state index >= 15 is 0 Å². The van der Waals surface area contributed by atoms with Gasteiger partial charge in [0.2, 0.25) is 0 Å². The van der Waals surface area contributed by atoms with Crippen LogP contribution in [0.2, 0.25) is 0 Å². The van der Waals surface area contributed by atoms with Gasteiger partial charge in [0.1, 0.15) is 11.0 Å². The molecule has 0 aliphatic heterocycles. The van der Waals surface area contributed by atoms with Gasteiger partial charge < -0.3 is 5.32 Å². The molecule has 3 rings (SSSR count). The molecule has 0 spiro atoms. The first-order chi connectivity index (χ1) is 9.63. The van der Waals surface area contributed by atoms with Crippen molar-refractivity contribution in [3.63, 3.8) is 0 Å². The lowest BCUT2D eigenvalue weighted by Gasteiger charge is -2.17. The van der Waals surface area contributed by atoms with E-state index in [2.05, 4.69) is 36.5 Å². The Balaban J connectivity index is 1.94. The zero-order valence-electron chi connectivity index (χ0n) is 12.3. The molecule has 3 nitrogen and oxygen atoms in total. The highest BCUT2D eigenvalue weighted by Gasteiger charge is 2.24. The number of nitrogens with zero attached hydrogens (tertiary/aromatic N) is 2. The first kappa shape index (κ1) is 14.2. The van der Waals surface area contributed by atoms with Crippen LogP contribution in [0.4, 0.5) is 0 Å². The maximum absolute atomic E-state index is 4.91. The van der Waals surface area contributed by atoms with Gasteiger partial charge in [0, 0.05) is 16.3 Å². The second kappa shape index (κ2) is 5.92. The summed E-state index contributed by atoms with van der Waals surface area (Å²) in [6, 6.07) is 0.568. The SMILES string of the molecule is Cc1nc(C(NC(C)C)c2nc3c(s2)CCCC3)cs1. The summed E-state index contributed by atoms with van der Waals surface area (Å²) in [6.45, 7) is 6.42. The molecule has 1 atom stereocenters. The minimum atomic E-state index is 0.149. The van der Waals surface area contributed by atoms with E-state index in [4.69, 9.17) is 4.98 Å². The molecule has 1 aliphatic rings. The van der Waals surface area contributed by atoms with Gasteiger partial charge in [-0.2, -0.15) is 0 Å². The van der Waals surface area contributed by atoms with Crippen molar-refractivity contribution in [2.24, 2.45) is 0 Å². The number of aromatic nitrogens is 2. The van der Waals surface area contributed by atoms with E-state index in [1.807, 2.05) is 11.3 Å². The molecule has 0 amide bonds. The highest BCUT2D eigenvalue weighted by atomic mass is 32.1. The molecule has 0 aromatic carbocycles. The van der Waals surface area contributed by atoms with Crippen molar-refractivity contribution in [1.82, 2.24) is 15.3 Å². The van der Waals surface area contributed by atoms with Crippen molar-refractivity contribution in [1.29, 1.82) is 0 Å². The number of rotatable bonds is 4. The molecule has 0 radical (unpaired) electrons. The first-order valence-electron chi connectivity index (χ1n) is 7.30. The Labute approximate surface area is 128 Å². The van der Waals surface area contributed by atoms with Gasteiger partial charge in [0.15, 0.2) is 0 Å². The van der Waals surface area contributed by atoms with Crippen molar-refractivity contribution in [2.75, 3.05) is 0 Å². The van der Waals surface area contributed by atoms with E-state index in [0.29, 0.717) is 6.04 Å². The van der Waals surface area contributed by atoms with Crippen LogP contribution in [-0.4, -0.2) is 16.0 Å². The number of aryl methyl sites for hydroxylation is 3. The molecular weight excluding hydrogens is 286 g/mol. The van der Waals surface area contributed by atoms with E-state index in [1.54, 1.807) is 11.3 Å². The topological polar surface area (TPSA) is 37.8 Å². The van der Waals surface area contributed by atoms with Crippen molar-refractivity contribution in [2.45, 2.75) is 58.5 Å². The summed E-state index contributed by atoms with van der Waals surface area (Å²) in [5.41, 5.74) is 2.45. The van der Waals surface area contributed by atoms with Crippen LogP contribution in [0.3, 0.4) is 0 Å². The lowest BCUT2D eigenvalue weighted by Crippen LogP contribution is -2.29. The third-order valence-corrected chi connectivity index (χ3v) is 5.56. The van der Waals surface area contributed by atoms with Gasteiger partial charge in [0.25, 0.3) is 0 Å². The normalized spacial score (nSPS) is 16.4. The highest BCUT2D eigenvalue weighted by molar-refractivity contribution is 7.12. The number of thiazole rings is 2. The fourth-order valence-corrected chi connectivity index (χ4v) is 4.49. The molecule has 0 bridgehead atoms. The summed E-state index contributed by atoms with van der Waals surface area (Å²) in [7, 11) is 0. The van der Waals surface area contributed by atoms with Crippen LogP contribution in [0.25, 0.3) is 0 Å². The Bertz CT molecular complexity index is 562. The second-order valence-corrected chi connectivity index (χ2v) is 7.85. The monoisotopic (exact) mass is 307 g/mol. The maximum Gasteiger partial charge on any atom is 0.116 e. The molecule has 108 valence electrons. The lowest BCUT2D eigenvalue weighted by molar-refractivity contribution is 0.518. The summed E-state index contributed by atoms with van der Waals surface area (Å²) in [6.07, 6.45) is 4.95. The molecule has 1 aliphatic carbocycles. The lowest BCUT2D eigenvalue weighted by atomic mass is 10.0. The van der Waals surface area contributed by atoms with Crippen molar-refractivity contribution in [3.8, 4) is 0 Å². The van der Waals surface area contributed by atoms with Gasteiger partial charge >= 0.3 is 0 Å². The van der Waals surface area contributed by atoms with E-state index in [9.17, 15) is 0 Å². The predicted octanol–water partition coefficient (Wildman–Crippen LogP) is 3.87. The van der Waals surface area contributed by atoms with Gasteiger partial charge in [-0.15, -0.1) is 22.7 Å². The van der Waals surface area contributed by atoms with E-state index in [0.717, 1.165) is 17.1 Å². The minimum Gasteiger partial charge on any atom is -0.301 e. The molecule has 1 unspecified atom stereocenters. The van der Waals surface area contributed by atoms with E-state index in [-0.39, 0.29) is 6.04 Å². The van der Waals surface area contributed by atoms with Gasteiger partial charge in [-0.1, -0.05) is 0 Å². The number of hydrogen-bond donors (Lipinski definition) is 1. The molecule has 2 heterocycles. The van der Waals surface area contributed by atoms with Crippen LogP contribution >= 0.6 is 22.7 Å². The van der Waals surface area contributed by atoms with Crippen LogP contribution in [-0.2, 0) is 12.8 Å². The number of nitrogens with one attached hydrogen (secondary N) is 1. The van der Waals surface area contributed by atoms with Gasteiger partial charge in [-0.05, 0) is 46.5 Å². The zero-order valence-corrected chi connectivity index (χ0v) is 13.9. The Morgan fingerprint density at radius 3 is 2.65 bits per heavy atom. The quantitative estimate of drug-likeness (QED) is 0.931.